The lowest BCUT2D eigenvalue weighted by Gasteiger charge is -2.36. The molecule has 0 saturated carbocycles. The van der Waals surface area contributed by atoms with Crippen LogP contribution < -0.4 is 5.32 Å². The summed E-state index contributed by atoms with van der Waals surface area (Å²) in [5.74, 6) is 1.02. The van der Waals surface area contributed by atoms with Crippen LogP contribution in [-0.2, 0) is 11.3 Å². The molecule has 9 heteroatoms. The summed E-state index contributed by atoms with van der Waals surface area (Å²) in [6, 6.07) is 9.59. The Morgan fingerprint density at radius 1 is 1.17 bits per heavy atom. The van der Waals surface area contributed by atoms with Crippen LogP contribution in [0.25, 0.3) is 22.3 Å². The summed E-state index contributed by atoms with van der Waals surface area (Å²) in [7, 11) is 0. The first-order chi connectivity index (χ1) is 17.1. The van der Waals surface area contributed by atoms with Gasteiger partial charge in [-0.15, -0.1) is 0 Å². The minimum atomic E-state index is -0.140. The quantitative estimate of drug-likeness (QED) is 0.419. The van der Waals surface area contributed by atoms with Gasteiger partial charge in [0.15, 0.2) is 5.65 Å². The van der Waals surface area contributed by atoms with Crippen LogP contribution in [0.15, 0.2) is 59.6 Å². The van der Waals surface area contributed by atoms with E-state index in [9.17, 15) is 4.79 Å². The molecule has 1 aliphatic rings. The highest BCUT2D eigenvalue weighted by molar-refractivity contribution is 6.06. The molecule has 1 N–H and O–H groups in total. The largest absolute Gasteiger partial charge is 0.467 e. The fourth-order valence-electron chi connectivity index (χ4n) is 4.55. The second kappa shape index (κ2) is 10.4. The van der Waals surface area contributed by atoms with E-state index in [1.54, 1.807) is 29.5 Å². The van der Waals surface area contributed by atoms with E-state index < -0.39 is 0 Å². The number of rotatable bonds is 8. The first-order valence-corrected chi connectivity index (χ1v) is 12.0. The van der Waals surface area contributed by atoms with Crippen molar-refractivity contribution in [1.29, 1.82) is 0 Å². The standard InChI is InChI=1S/C26H30N6O3/c1-18(2)24(31-8-11-34-12-9-31)16-28-26(33)21-13-23(19-5-3-7-27-14-19)30-25-22(21)15-29-32(25)17-20-6-4-10-35-20/h3-7,10,13-15,18,24H,8-9,11-12,16-17H2,1-2H3,(H,28,33). The van der Waals surface area contributed by atoms with Gasteiger partial charge >= 0.3 is 0 Å². The van der Waals surface area contributed by atoms with Crippen LogP contribution >= 0.6 is 0 Å². The van der Waals surface area contributed by atoms with Crippen molar-refractivity contribution in [2.24, 2.45) is 5.92 Å². The molecule has 1 amide bonds. The molecular formula is C26H30N6O3. The lowest BCUT2D eigenvalue weighted by molar-refractivity contribution is 0.00673. The Kier molecular flexibility index (Phi) is 6.87. The van der Waals surface area contributed by atoms with E-state index in [1.165, 1.54) is 0 Å². The number of furan rings is 1. The number of morpholine rings is 1. The summed E-state index contributed by atoms with van der Waals surface area (Å²) in [5, 5.41) is 8.41. The molecule has 9 nitrogen and oxygen atoms in total. The predicted octanol–water partition coefficient (Wildman–Crippen LogP) is 3.22. The molecule has 0 radical (unpaired) electrons. The van der Waals surface area contributed by atoms with E-state index in [4.69, 9.17) is 14.1 Å². The van der Waals surface area contributed by atoms with Crippen LogP contribution in [0.1, 0.15) is 30.0 Å². The lowest BCUT2D eigenvalue weighted by atomic mass is 10.0. The van der Waals surface area contributed by atoms with Crippen molar-refractivity contribution in [2.75, 3.05) is 32.8 Å². The zero-order valence-corrected chi connectivity index (χ0v) is 20.1. The van der Waals surface area contributed by atoms with Crippen LogP contribution in [-0.4, -0.2) is 69.4 Å². The van der Waals surface area contributed by atoms with Gasteiger partial charge in [0.1, 0.15) is 12.3 Å². The summed E-state index contributed by atoms with van der Waals surface area (Å²) >= 11 is 0. The van der Waals surface area contributed by atoms with Crippen molar-refractivity contribution in [3.63, 3.8) is 0 Å². The zero-order valence-electron chi connectivity index (χ0n) is 20.1. The molecule has 0 aliphatic carbocycles. The van der Waals surface area contributed by atoms with E-state index in [0.717, 1.165) is 37.6 Å². The highest BCUT2D eigenvalue weighted by atomic mass is 16.5. The number of pyridine rings is 2. The minimum Gasteiger partial charge on any atom is -0.467 e. The number of carbonyl (C=O) groups excluding carboxylic acids is 1. The van der Waals surface area contributed by atoms with E-state index >= 15 is 0 Å². The Morgan fingerprint density at radius 2 is 2.03 bits per heavy atom. The number of carbonyl (C=O) groups is 1. The van der Waals surface area contributed by atoms with E-state index in [2.05, 4.69) is 34.1 Å². The molecule has 5 heterocycles. The molecule has 0 aromatic carbocycles. The highest BCUT2D eigenvalue weighted by Crippen LogP contribution is 2.25. The van der Waals surface area contributed by atoms with Gasteiger partial charge in [-0.1, -0.05) is 13.8 Å². The molecule has 1 aliphatic heterocycles. The number of amides is 1. The Hall–Kier alpha value is -3.56. The van der Waals surface area contributed by atoms with Crippen molar-refractivity contribution in [3.8, 4) is 11.3 Å². The van der Waals surface area contributed by atoms with Gasteiger partial charge in [-0.05, 0) is 36.2 Å². The normalized spacial score (nSPS) is 15.5. The van der Waals surface area contributed by atoms with E-state index in [1.807, 2.05) is 30.3 Å². The molecule has 182 valence electrons. The Morgan fingerprint density at radius 3 is 2.74 bits per heavy atom. The summed E-state index contributed by atoms with van der Waals surface area (Å²) in [5.41, 5.74) is 2.68. The van der Waals surface area contributed by atoms with Crippen molar-refractivity contribution >= 4 is 16.9 Å². The Balaban J connectivity index is 1.46. The highest BCUT2D eigenvalue weighted by Gasteiger charge is 2.25. The average Bonchev–Trinajstić information content (AvgIpc) is 3.55. The summed E-state index contributed by atoms with van der Waals surface area (Å²) in [6.45, 7) is 8.57. The molecule has 5 rings (SSSR count). The smallest absolute Gasteiger partial charge is 0.252 e. The fraction of sp³-hybridized carbons (Fsp3) is 0.385. The first kappa shape index (κ1) is 23.2. The molecule has 1 atom stereocenters. The van der Waals surface area contributed by atoms with Crippen molar-refractivity contribution in [3.05, 3.63) is 66.5 Å². The first-order valence-electron chi connectivity index (χ1n) is 12.0. The summed E-state index contributed by atoms with van der Waals surface area (Å²) in [4.78, 5) is 25.0. The maximum absolute atomic E-state index is 13.5. The van der Waals surface area contributed by atoms with Gasteiger partial charge in [0.05, 0.1) is 42.3 Å². The van der Waals surface area contributed by atoms with Gasteiger partial charge in [0.2, 0.25) is 0 Å². The number of ether oxygens (including phenoxy) is 1. The number of hydrogen-bond donors (Lipinski definition) is 1. The molecule has 35 heavy (non-hydrogen) atoms. The van der Waals surface area contributed by atoms with Crippen LogP contribution in [0.2, 0.25) is 0 Å². The van der Waals surface area contributed by atoms with Gasteiger partial charge in [-0.3, -0.25) is 14.7 Å². The molecule has 1 fully saturated rings. The summed E-state index contributed by atoms with van der Waals surface area (Å²) in [6.07, 6.45) is 6.80. The molecule has 0 spiro atoms. The number of nitrogens with one attached hydrogen (secondary N) is 1. The van der Waals surface area contributed by atoms with Gasteiger partial charge in [-0.25, -0.2) is 9.67 Å². The topological polar surface area (TPSA) is 98.3 Å². The zero-order chi connectivity index (χ0) is 24.2. The third-order valence-corrected chi connectivity index (χ3v) is 6.45. The molecule has 4 aromatic rings. The average molecular weight is 475 g/mol. The SMILES string of the molecule is CC(C)C(CNC(=O)c1cc(-c2cccnc2)nc2c1cnn2Cc1ccco1)N1CCOCC1. The van der Waals surface area contributed by atoms with Crippen molar-refractivity contribution in [2.45, 2.75) is 26.4 Å². The molecular weight excluding hydrogens is 444 g/mol. The fourth-order valence-corrected chi connectivity index (χ4v) is 4.55. The maximum Gasteiger partial charge on any atom is 0.252 e. The summed E-state index contributed by atoms with van der Waals surface area (Å²) < 4.78 is 12.8. The Labute approximate surface area is 204 Å². The van der Waals surface area contributed by atoms with Crippen LogP contribution in [0.3, 0.4) is 0 Å². The molecule has 1 saturated heterocycles. The van der Waals surface area contributed by atoms with Gasteiger partial charge < -0.3 is 14.5 Å². The van der Waals surface area contributed by atoms with E-state index in [-0.39, 0.29) is 11.9 Å². The molecule has 4 aromatic heterocycles. The minimum absolute atomic E-state index is 0.140. The van der Waals surface area contributed by atoms with Crippen LogP contribution in [0.4, 0.5) is 0 Å². The van der Waals surface area contributed by atoms with Crippen LogP contribution in [0, 0.1) is 5.92 Å². The van der Waals surface area contributed by atoms with Gasteiger partial charge in [0, 0.05) is 43.6 Å². The second-order valence-corrected chi connectivity index (χ2v) is 9.09. The second-order valence-electron chi connectivity index (χ2n) is 9.09. The number of hydrogen-bond acceptors (Lipinski definition) is 7. The Bertz CT molecular complexity index is 1260. The van der Waals surface area contributed by atoms with Gasteiger partial charge in [0.25, 0.3) is 5.91 Å². The third kappa shape index (κ3) is 5.11. The van der Waals surface area contributed by atoms with Crippen molar-refractivity contribution in [1.82, 2.24) is 30.0 Å². The maximum atomic E-state index is 13.5. The number of aromatic nitrogens is 4. The van der Waals surface area contributed by atoms with Gasteiger partial charge in [-0.2, -0.15) is 5.10 Å². The monoisotopic (exact) mass is 474 g/mol. The third-order valence-electron chi connectivity index (χ3n) is 6.45. The van der Waals surface area contributed by atoms with E-state index in [0.29, 0.717) is 41.3 Å². The predicted molar refractivity (Wildman–Crippen MR) is 132 cm³/mol. The lowest BCUT2D eigenvalue weighted by Crippen LogP contribution is -2.51. The number of fused-ring (bicyclic) bond motifs is 1. The van der Waals surface area contributed by atoms with Crippen molar-refractivity contribution < 1.29 is 13.9 Å². The molecule has 1 unspecified atom stereocenters. The van der Waals surface area contributed by atoms with Crippen LogP contribution in [0.5, 0.6) is 0 Å². The number of nitrogens with zero attached hydrogens (tertiary/aromatic N) is 5. The molecule has 0 bridgehead atoms.